The molecule has 3 rings (SSSR count). The quantitative estimate of drug-likeness (QED) is 0.364. The van der Waals surface area contributed by atoms with Gasteiger partial charge in [-0.25, -0.2) is 8.42 Å². The minimum absolute atomic E-state index is 0.0555. The van der Waals surface area contributed by atoms with Crippen molar-refractivity contribution in [2.45, 2.75) is 30.8 Å². The van der Waals surface area contributed by atoms with E-state index in [9.17, 15) is 18.5 Å². The Morgan fingerprint density at radius 3 is 2.71 bits per heavy atom. The third-order valence-electron chi connectivity index (χ3n) is 4.46. The molecule has 1 aromatic heterocycles. The van der Waals surface area contributed by atoms with Crippen LogP contribution in [0.2, 0.25) is 0 Å². The maximum Gasteiger partial charge on any atom is 0.270 e. The average Bonchev–Trinajstić information content (AvgIpc) is 3.38. The highest BCUT2D eigenvalue weighted by Gasteiger charge is 2.30. The molecule has 0 aliphatic carbocycles. The van der Waals surface area contributed by atoms with E-state index in [-0.39, 0.29) is 10.6 Å². The number of non-ortho nitro benzene ring substituents is 1. The summed E-state index contributed by atoms with van der Waals surface area (Å²) < 4.78 is 37.9. The van der Waals surface area contributed by atoms with E-state index < -0.39 is 14.9 Å². The summed E-state index contributed by atoms with van der Waals surface area (Å²) in [7, 11) is -3.78. The number of nitrogens with zero attached hydrogens (tertiary/aromatic N) is 2. The third-order valence-corrected chi connectivity index (χ3v) is 6.40. The van der Waals surface area contributed by atoms with E-state index in [0.717, 1.165) is 24.7 Å². The molecule has 0 atom stereocenters. The zero-order chi connectivity index (χ0) is 20.0. The van der Waals surface area contributed by atoms with E-state index in [0.29, 0.717) is 45.0 Å². The highest BCUT2D eigenvalue weighted by atomic mass is 32.2. The highest BCUT2D eigenvalue weighted by Crippen LogP contribution is 2.30. The molecule has 28 heavy (non-hydrogen) atoms. The van der Waals surface area contributed by atoms with Gasteiger partial charge < -0.3 is 14.5 Å². The summed E-state index contributed by atoms with van der Waals surface area (Å²) in [5.74, 6) is 0.738. The standard InChI is InChI=1S/C18H23N3O6S/c22-21(23)15-6-7-17(18(13-15)28(24,25)20-9-1-2-10-20)19-8-4-11-26-14-16-5-3-12-27-16/h3,5-7,12-13,19H,1-2,4,8-11,14H2. The predicted molar refractivity (Wildman–Crippen MR) is 103 cm³/mol. The molecule has 9 nitrogen and oxygen atoms in total. The molecular weight excluding hydrogens is 386 g/mol. The van der Waals surface area contributed by atoms with Crippen LogP contribution >= 0.6 is 0 Å². The molecule has 1 aromatic carbocycles. The van der Waals surface area contributed by atoms with Crippen molar-refractivity contribution < 1.29 is 22.5 Å². The molecule has 1 saturated heterocycles. The number of furan rings is 1. The zero-order valence-corrected chi connectivity index (χ0v) is 16.2. The fourth-order valence-corrected chi connectivity index (χ4v) is 4.72. The smallest absolute Gasteiger partial charge is 0.270 e. The van der Waals surface area contributed by atoms with Crippen LogP contribution in [-0.4, -0.2) is 43.9 Å². The number of anilines is 1. The summed E-state index contributed by atoms with van der Waals surface area (Å²) in [6.07, 6.45) is 3.81. The number of hydrogen-bond donors (Lipinski definition) is 1. The summed E-state index contributed by atoms with van der Waals surface area (Å²) in [4.78, 5) is 10.5. The Balaban J connectivity index is 1.63. The van der Waals surface area contributed by atoms with Gasteiger partial charge in [-0.05, 0) is 37.5 Å². The summed E-state index contributed by atoms with van der Waals surface area (Å²) in [5, 5.41) is 14.2. The van der Waals surface area contributed by atoms with Crippen molar-refractivity contribution in [3.05, 3.63) is 52.5 Å². The number of ether oxygens (including phenoxy) is 1. The van der Waals surface area contributed by atoms with Gasteiger partial charge in [0.1, 0.15) is 17.3 Å². The Morgan fingerprint density at radius 1 is 1.25 bits per heavy atom. The Kier molecular flexibility index (Phi) is 6.65. The van der Waals surface area contributed by atoms with Gasteiger partial charge in [-0.3, -0.25) is 10.1 Å². The highest BCUT2D eigenvalue weighted by molar-refractivity contribution is 7.89. The van der Waals surface area contributed by atoms with E-state index in [2.05, 4.69) is 5.32 Å². The van der Waals surface area contributed by atoms with Crippen LogP contribution in [0.25, 0.3) is 0 Å². The second-order valence-electron chi connectivity index (χ2n) is 6.46. The Labute approximate surface area is 163 Å². The molecule has 1 N–H and O–H groups in total. The first-order valence-corrected chi connectivity index (χ1v) is 10.5. The minimum Gasteiger partial charge on any atom is -0.467 e. The third kappa shape index (κ3) is 4.89. The zero-order valence-electron chi connectivity index (χ0n) is 15.4. The van der Waals surface area contributed by atoms with Crippen molar-refractivity contribution in [3.8, 4) is 0 Å². The molecular formula is C18H23N3O6S. The summed E-state index contributed by atoms with van der Waals surface area (Å²) >= 11 is 0. The van der Waals surface area contributed by atoms with E-state index in [1.165, 1.54) is 16.4 Å². The minimum atomic E-state index is -3.78. The van der Waals surface area contributed by atoms with Crippen molar-refractivity contribution in [1.82, 2.24) is 4.31 Å². The monoisotopic (exact) mass is 409 g/mol. The van der Waals surface area contributed by atoms with Crippen molar-refractivity contribution in [3.63, 3.8) is 0 Å². The van der Waals surface area contributed by atoms with Crippen molar-refractivity contribution >= 4 is 21.4 Å². The normalized spacial score (nSPS) is 15.0. The first-order chi connectivity index (χ1) is 13.5. The predicted octanol–water partition coefficient (Wildman–Crippen LogP) is 2.99. The molecule has 10 heteroatoms. The number of nitro groups is 1. The molecule has 152 valence electrons. The van der Waals surface area contributed by atoms with Crippen LogP contribution < -0.4 is 5.32 Å². The van der Waals surface area contributed by atoms with Gasteiger partial charge >= 0.3 is 0 Å². The maximum absolute atomic E-state index is 12.9. The topological polar surface area (TPSA) is 115 Å². The molecule has 0 bridgehead atoms. The van der Waals surface area contributed by atoms with E-state index in [4.69, 9.17) is 9.15 Å². The van der Waals surface area contributed by atoms with E-state index in [1.54, 1.807) is 12.3 Å². The summed E-state index contributed by atoms with van der Waals surface area (Å²) in [6.45, 7) is 2.18. The van der Waals surface area contributed by atoms with E-state index >= 15 is 0 Å². The van der Waals surface area contributed by atoms with Gasteiger partial charge in [0.2, 0.25) is 10.0 Å². The van der Waals surface area contributed by atoms with Gasteiger partial charge in [-0.2, -0.15) is 4.31 Å². The van der Waals surface area contributed by atoms with Gasteiger partial charge in [0.05, 0.1) is 16.9 Å². The SMILES string of the molecule is O=[N+]([O-])c1ccc(NCCCOCc2ccco2)c(S(=O)(=O)N2CCCC2)c1. The Bertz CT molecular complexity index is 892. The molecule has 0 spiro atoms. The van der Waals surface area contributed by atoms with Crippen LogP contribution in [0.5, 0.6) is 0 Å². The van der Waals surface area contributed by atoms with Crippen LogP contribution in [0.3, 0.4) is 0 Å². The number of rotatable bonds is 10. The fraction of sp³-hybridized carbons (Fsp3) is 0.444. The summed E-state index contributed by atoms with van der Waals surface area (Å²) in [5.41, 5.74) is 0.119. The maximum atomic E-state index is 12.9. The first-order valence-electron chi connectivity index (χ1n) is 9.11. The van der Waals surface area contributed by atoms with Crippen LogP contribution in [0.15, 0.2) is 45.9 Å². The average molecular weight is 409 g/mol. The second-order valence-corrected chi connectivity index (χ2v) is 8.37. The van der Waals surface area contributed by atoms with Crippen molar-refractivity contribution in [2.75, 3.05) is 31.6 Å². The first kappa shape index (κ1) is 20.3. The van der Waals surface area contributed by atoms with Gasteiger partial charge in [-0.1, -0.05) is 0 Å². The van der Waals surface area contributed by atoms with Gasteiger partial charge in [-0.15, -0.1) is 0 Å². The fourth-order valence-electron chi connectivity index (χ4n) is 3.02. The molecule has 1 aliphatic rings. The molecule has 1 fully saturated rings. The van der Waals surface area contributed by atoms with Crippen molar-refractivity contribution in [1.29, 1.82) is 0 Å². The number of nitrogens with one attached hydrogen (secondary N) is 1. The molecule has 1 aliphatic heterocycles. The van der Waals surface area contributed by atoms with Crippen LogP contribution in [0.4, 0.5) is 11.4 Å². The lowest BCUT2D eigenvalue weighted by Gasteiger charge is -2.18. The Hall–Kier alpha value is -2.43. The second kappa shape index (κ2) is 9.18. The van der Waals surface area contributed by atoms with E-state index in [1.807, 2.05) is 6.07 Å². The van der Waals surface area contributed by atoms with Gasteiger partial charge in [0.15, 0.2) is 0 Å². The molecule has 0 saturated carbocycles. The van der Waals surface area contributed by atoms with Crippen LogP contribution in [0.1, 0.15) is 25.0 Å². The van der Waals surface area contributed by atoms with Crippen LogP contribution in [0, 0.1) is 10.1 Å². The molecule has 2 heterocycles. The molecule has 0 radical (unpaired) electrons. The number of nitro benzene ring substituents is 1. The van der Waals surface area contributed by atoms with Gasteiger partial charge in [0.25, 0.3) is 5.69 Å². The lowest BCUT2D eigenvalue weighted by Crippen LogP contribution is -2.28. The lowest BCUT2D eigenvalue weighted by molar-refractivity contribution is -0.385. The molecule has 0 amide bonds. The number of hydrogen-bond acceptors (Lipinski definition) is 7. The molecule has 2 aromatic rings. The summed E-state index contributed by atoms with van der Waals surface area (Å²) in [6, 6.07) is 7.49. The van der Waals surface area contributed by atoms with Gasteiger partial charge in [0, 0.05) is 38.4 Å². The lowest BCUT2D eigenvalue weighted by atomic mass is 10.2. The Morgan fingerprint density at radius 2 is 2.04 bits per heavy atom. The number of sulfonamides is 1. The largest absolute Gasteiger partial charge is 0.467 e. The molecule has 0 unspecified atom stereocenters. The van der Waals surface area contributed by atoms with Crippen LogP contribution in [-0.2, 0) is 21.4 Å². The van der Waals surface area contributed by atoms with Crippen molar-refractivity contribution in [2.24, 2.45) is 0 Å². The number of benzene rings is 1.